The molecular weight excluding hydrogens is 162 g/mol. The van der Waals surface area contributed by atoms with Crippen LogP contribution in [0.4, 0.5) is 0 Å². The third-order valence-corrected chi connectivity index (χ3v) is 2.68. The van der Waals surface area contributed by atoms with E-state index in [0.29, 0.717) is 12.5 Å². The lowest BCUT2D eigenvalue weighted by atomic mass is 9.89. The zero-order chi connectivity index (χ0) is 9.73. The van der Waals surface area contributed by atoms with Gasteiger partial charge in [0.05, 0.1) is 5.60 Å². The van der Waals surface area contributed by atoms with Gasteiger partial charge in [-0.3, -0.25) is 0 Å². The SMILES string of the molecule is C=CCC(C)(O)CC1CCCCN1. The molecule has 2 unspecified atom stereocenters. The van der Waals surface area contributed by atoms with Gasteiger partial charge in [-0.25, -0.2) is 0 Å². The number of nitrogens with one attached hydrogen (secondary N) is 1. The van der Waals surface area contributed by atoms with E-state index >= 15 is 0 Å². The second kappa shape index (κ2) is 4.77. The molecule has 1 aliphatic heterocycles. The molecule has 0 aliphatic carbocycles. The predicted molar refractivity (Wildman–Crippen MR) is 55.7 cm³/mol. The lowest BCUT2D eigenvalue weighted by Crippen LogP contribution is -2.40. The van der Waals surface area contributed by atoms with Crippen molar-refractivity contribution in [3.63, 3.8) is 0 Å². The molecule has 2 atom stereocenters. The summed E-state index contributed by atoms with van der Waals surface area (Å²) >= 11 is 0. The Kier molecular flexibility index (Phi) is 3.94. The number of aliphatic hydroxyl groups is 1. The van der Waals surface area contributed by atoms with Crippen LogP contribution in [-0.2, 0) is 0 Å². The van der Waals surface area contributed by atoms with Crippen molar-refractivity contribution in [3.8, 4) is 0 Å². The van der Waals surface area contributed by atoms with E-state index in [0.717, 1.165) is 13.0 Å². The lowest BCUT2D eigenvalue weighted by Gasteiger charge is -2.30. The Morgan fingerprint density at radius 2 is 2.38 bits per heavy atom. The Morgan fingerprint density at radius 3 is 2.92 bits per heavy atom. The van der Waals surface area contributed by atoms with Crippen molar-refractivity contribution in [2.24, 2.45) is 0 Å². The molecule has 0 aromatic rings. The third kappa shape index (κ3) is 3.92. The van der Waals surface area contributed by atoms with Crippen LogP contribution >= 0.6 is 0 Å². The summed E-state index contributed by atoms with van der Waals surface area (Å²) in [5, 5.41) is 13.4. The zero-order valence-corrected chi connectivity index (χ0v) is 8.55. The maximum Gasteiger partial charge on any atom is 0.0668 e. The van der Waals surface area contributed by atoms with Crippen LogP contribution in [0.2, 0.25) is 0 Å². The molecule has 1 saturated heterocycles. The van der Waals surface area contributed by atoms with E-state index in [1.54, 1.807) is 6.08 Å². The molecule has 0 saturated carbocycles. The van der Waals surface area contributed by atoms with E-state index < -0.39 is 5.60 Å². The van der Waals surface area contributed by atoms with E-state index in [4.69, 9.17) is 0 Å². The standard InChI is InChI=1S/C11H21NO/c1-3-7-11(2,13)9-10-6-4-5-8-12-10/h3,10,12-13H,1,4-9H2,2H3. The van der Waals surface area contributed by atoms with Gasteiger partial charge in [0.2, 0.25) is 0 Å². The van der Waals surface area contributed by atoms with Crippen molar-refractivity contribution < 1.29 is 5.11 Å². The average molecular weight is 183 g/mol. The van der Waals surface area contributed by atoms with Gasteiger partial charge in [0.15, 0.2) is 0 Å². The fourth-order valence-electron chi connectivity index (χ4n) is 2.02. The van der Waals surface area contributed by atoms with Crippen molar-refractivity contribution in [2.45, 2.75) is 50.7 Å². The summed E-state index contributed by atoms with van der Waals surface area (Å²) in [6.45, 7) is 6.66. The molecule has 1 fully saturated rings. The van der Waals surface area contributed by atoms with Gasteiger partial charge in [-0.1, -0.05) is 12.5 Å². The number of hydrogen-bond donors (Lipinski definition) is 2. The van der Waals surface area contributed by atoms with Gasteiger partial charge in [0.1, 0.15) is 0 Å². The first-order valence-electron chi connectivity index (χ1n) is 5.21. The minimum absolute atomic E-state index is 0.503. The minimum Gasteiger partial charge on any atom is -0.390 e. The molecule has 0 radical (unpaired) electrons. The van der Waals surface area contributed by atoms with Gasteiger partial charge in [-0.2, -0.15) is 0 Å². The van der Waals surface area contributed by atoms with Gasteiger partial charge in [0.25, 0.3) is 0 Å². The Hall–Kier alpha value is -0.340. The molecule has 0 aromatic carbocycles. The highest BCUT2D eigenvalue weighted by molar-refractivity contribution is 4.87. The minimum atomic E-state index is -0.573. The second-order valence-electron chi connectivity index (χ2n) is 4.34. The van der Waals surface area contributed by atoms with Crippen molar-refractivity contribution in [1.82, 2.24) is 5.32 Å². The van der Waals surface area contributed by atoms with Crippen LogP contribution in [-0.4, -0.2) is 23.3 Å². The van der Waals surface area contributed by atoms with Crippen LogP contribution in [0.15, 0.2) is 12.7 Å². The van der Waals surface area contributed by atoms with Crippen LogP contribution in [0.1, 0.15) is 39.0 Å². The molecule has 76 valence electrons. The largest absolute Gasteiger partial charge is 0.390 e. The second-order valence-corrected chi connectivity index (χ2v) is 4.34. The van der Waals surface area contributed by atoms with E-state index in [2.05, 4.69) is 11.9 Å². The number of rotatable bonds is 4. The van der Waals surface area contributed by atoms with Gasteiger partial charge in [0, 0.05) is 6.04 Å². The number of hydrogen-bond acceptors (Lipinski definition) is 2. The lowest BCUT2D eigenvalue weighted by molar-refractivity contribution is 0.0398. The summed E-state index contributed by atoms with van der Waals surface area (Å²) in [5.74, 6) is 0. The first-order valence-corrected chi connectivity index (χ1v) is 5.21. The summed E-state index contributed by atoms with van der Waals surface area (Å²) in [6.07, 6.45) is 7.10. The molecule has 0 aromatic heterocycles. The molecule has 13 heavy (non-hydrogen) atoms. The van der Waals surface area contributed by atoms with Crippen molar-refractivity contribution >= 4 is 0 Å². The summed E-state index contributed by atoms with van der Waals surface area (Å²) < 4.78 is 0. The first-order chi connectivity index (χ1) is 6.14. The smallest absolute Gasteiger partial charge is 0.0668 e. The van der Waals surface area contributed by atoms with Crippen LogP contribution in [0.5, 0.6) is 0 Å². The summed E-state index contributed by atoms with van der Waals surface area (Å²) in [6, 6.07) is 0.503. The van der Waals surface area contributed by atoms with Crippen molar-refractivity contribution in [3.05, 3.63) is 12.7 Å². The van der Waals surface area contributed by atoms with Crippen LogP contribution in [0.3, 0.4) is 0 Å². The van der Waals surface area contributed by atoms with E-state index in [1.165, 1.54) is 19.3 Å². The van der Waals surface area contributed by atoms with Crippen molar-refractivity contribution in [1.29, 1.82) is 0 Å². The first kappa shape index (κ1) is 10.7. The molecule has 2 nitrogen and oxygen atoms in total. The topological polar surface area (TPSA) is 32.3 Å². The van der Waals surface area contributed by atoms with Gasteiger partial charge in [-0.05, 0) is 39.2 Å². The maximum absolute atomic E-state index is 9.96. The normalized spacial score (nSPS) is 28.0. The quantitative estimate of drug-likeness (QED) is 0.652. The third-order valence-electron chi connectivity index (χ3n) is 2.68. The molecule has 2 N–H and O–H groups in total. The molecule has 1 heterocycles. The summed E-state index contributed by atoms with van der Waals surface area (Å²) in [5.41, 5.74) is -0.573. The fourth-order valence-corrected chi connectivity index (χ4v) is 2.02. The highest BCUT2D eigenvalue weighted by Gasteiger charge is 2.24. The molecule has 0 spiro atoms. The van der Waals surface area contributed by atoms with Crippen LogP contribution in [0.25, 0.3) is 0 Å². The predicted octanol–water partition coefficient (Wildman–Crippen LogP) is 1.85. The molecule has 1 rings (SSSR count). The van der Waals surface area contributed by atoms with Crippen LogP contribution in [0, 0.1) is 0 Å². The maximum atomic E-state index is 9.96. The Bertz CT molecular complexity index is 159. The number of piperidine rings is 1. The zero-order valence-electron chi connectivity index (χ0n) is 8.55. The molecule has 1 aliphatic rings. The average Bonchev–Trinajstić information content (AvgIpc) is 2.04. The Balaban J connectivity index is 2.32. The van der Waals surface area contributed by atoms with Gasteiger partial charge < -0.3 is 10.4 Å². The van der Waals surface area contributed by atoms with E-state index in [-0.39, 0.29) is 0 Å². The monoisotopic (exact) mass is 183 g/mol. The molecular formula is C11H21NO. The highest BCUT2D eigenvalue weighted by atomic mass is 16.3. The van der Waals surface area contributed by atoms with E-state index in [1.807, 2.05) is 6.92 Å². The molecule has 0 bridgehead atoms. The van der Waals surface area contributed by atoms with Crippen LogP contribution < -0.4 is 5.32 Å². The fraction of sp³-hybridized carbons (Fsp3) is 0.818. The summed E-state index contributed by atoms with van der Waals surface area (Å²) in [7, 11) is 0. The molecule has 0 amide bonds. The summed E-state index contributed by atoms with van der Waals surface area (Å²) in [4.78, 5) is 0. The Labute approximate surface area is 81.0 Å². The Morgan fingerprint density at radius 1 is 1.62 bits per heavy atom. The highest BCUT2D eigenvalue weighted by Crippen LogP contribution is 2.21. The molecule has 2 heteroatoms. The van der Waals surface area contributed by atoms with Crippen molar-refractivity contribution in [2.75, 3.05) is 6.54 Å². The van der Waals surface area contributed by atoms with Gasteiger partial charge >= 0.3 is 0 Å². The van der Waals surface area contributed by atoms with E-state index in [9.17, 15) is 5.11 Å². The van der Waals surface area contributed by atoms with Gasteiger partial charge in [-0.15, -0.1) is 6.58 Å².